The maximum Gasteiger partial charge on any atom is 0.246 e. The number of hydrogen-bond donors (Lipinski definition) is 1. The van der Waals surface area contributed by atoms with E-state index in [0.29, 0.717) is 24.5 Å². The van der Waals surface area contributed by atoms with Crippen LogP contribution in [0.15, 0.2) is 17.3 Å². The zero-order valence-electron chi connectivity index (χ0n) is 11.3. The summed E-state index contributed by atoms with van der Waals surface area (Å²) in [6.07, 6.45) is 6.62. The predicted molar refractivity (Wildman–Crippen MR) is 73.1 cm³/mol. The van der Waals surface area contributed by atoms with Crippen LogP contribution in [0, 0.1) is 0 Å². The van der Waals surface area contributed by atoms with Crippen molar-refractivity contribution in [3.05, 3.63) is 12.4 Å². The Morgan fingerprint density at radius 2 is 2.26 bits per heavy atom. The molecule has 1 aliphatic carbocycles. The fraction of sp³-hybridized carbons (Fsp3) is 0.750. The van der Waals surface area contributed by atoms with Crippen molar-refractivity contribution in [2.75, 3.05) is 13.1 Å². The van der Waals surface area contributed by atoms with Crippen molar-refractivity contribution in [2.45, 2.75) is 50.1 Å². The van der Waals surface area contributed by atoms with Crippen LogP contribution in [0.2, 0.25) is 0 Å². The monoisotopic (exact) mass is 286 g/mol. The summed E-state index contributed by atoms with van der Waals surface area (Å²) < 4.78 is 28.3. The fourth-order valence-electron chi connectivity index (χ4n) is 2.07. The van der Waals surface area contributed by atoms with Crippen molar-refractivity contribution in [1.82, 2.24) is 14.1 Å². The molecule has 0 aromatic carbocycles. The van der Waals surface area contributed by atoms with Crippen LogP contribution >= 0.6 is 0 Å². The van der Waals surface area contributed by atoms with Gasteiger partial charge in [-0.15, -0.1) is 0 Å². The lowest BCUT2D eigenvalue weighted by Gasteiger charge is -2.19. The van der Waals surface area contributed by atoms with E-state index in [9.17, 15) is 8.42 Å². The summed E-state index contributed by atoms with van der Waals surface area (Å²) in [5, 5.41) is 4.10. The first kappa shape index (κ1) is 14.5. The fourth-order valence-corrected chi connectivity index (χ4v) is 3.80. The van der Waals surface area contributed by atoms with Crippen LogP contribution in [0.25, 0.3) is 0 Å². The van der Waals surface area contributed by atoms with E-state index in [1.165, 1.54) is 6.20 Å². The number of sulfonamides is 1. The highest BCUT2D eigenvalue weighted by molar-refractivity contribution is 7.89. The van der Waals surface area contributed by atoms with Crippen LogP contribution in [-0.4, -0.2) is 41.6 Å². The topological polar surface area (TPSA) is 81.2 Å². The molecule has 1 aromatic heterocycles. The van der Waals surface area contributed by atoms with E-state index < -0.39 is 10.0 Å². The molecule has 0 spiro atoms. The minimum atomic E-state index is -3.39. The minimum absolute atomic E-state index is 0.192. The zero-order valence-corrected chi connectivity index (χ0v) is 12.1. The molecule has 0 radical (unpaired) electrons. The van der Waals surface area contributed by atoms with Crippen molar-refractivity contribution in [1.29, 1.82) is 0 Å². The SMILES string of the molecule is CCCN(C1CC1)S(=O)(=O)c1cnn(CCCN)c1. The molecule has 1 heterocycles. The number of nitrogens with zero attached hydrogens (tertiary/aromatic N) is 3. The van der Waals surface area contributed by atoms with Gasteiger partial charge in [0.15, 0.2) is 0 Å². The molecule has 2 rings (SSSR count). The van der Waals surface area contributed by atoms with Gasteiger partial charge in [-0.1, -0.05) is 6.92 Å². The number of aryl methyl sites for hydroxylation is 1. The first-order chi connectivity index (χ1) is 9.09. The Bertz CT molecular complexity index is 508. The normalized spacial score (nSPS) is 16.2. The summed E-state index contributed by atoms with van der Waals surface area (Å²) in [6.45, 7) is 3.81. The van der Waals surface area contributed by atoms with Crippen LogP contribution in [-0.2, 0) is 16.6 Å². The third-order valence-corrected chi connectivity index (χ3v) is 5.11. The van der Waals surface area contributed by atoms with Gasteiger partial charge in [-0.05, 0) is 32.2 Å². The summed E-state index contributed by atoms with van der Waals surface area (Å²) in [5.74, 6) is 0. The molecule has 0 bridgehead atoms. The molecule has 2 N–H and O–H groups in total. The summed E-state index contributed by atoms with van der Waals surface area (Å²) in [6, 6.07) is 0.192. The Kier molecular flexibility index (Phi) is 4.59. The van der Waals surface area contributed by atoms with Gasteiger partial charge in [-0.2, -0.15) is 9.40 Å². The molecule has 0 amide bonds. The van der Waals surface area contributed by atoms with Gasteiger partial charge < -0.3 is 5.73 Å². The third-order valence-electron chi connectivity index (χ3n) is 3.21. The zero-order chi connectivity index (χ0) is 13.9. The molecule has 1 aromatic rings. The lowest BCUT2D eigenvalue weighted by molar-refractivity contribution is 0.403. The van der Waals surface area contributed by atoms with Gasteiger partial charge in [0, 0.05) is 25.3 Å². The largest absolute Gasteiger partial charge is 0.330 e. The summed E-state index contributed by atoms with van der Waals surface area (Å²) in [4.78, 5) is 0.296. The van der Waals surface area contributed by atoms with Crippen LogP contribution < -0.4 is 5.73 Å². The van der Waals surface area contributed by atoms with E-state index in [4.69, 9.17) is 5.73 Å². The Morgan fingerprint density at radius 3 is 2.84 bits per heavy atom. The smallest absolute Gasteiger partial charge is 0.246 e. The van der Waals surface area contributed by atoms with E-state index in [1.807, 2.05) is 6.92 Å². The van der Waals surface area contributed by atoms with Gasteiger partial charge in [0.05, 0.1) is 6.20 Å². The predicted octanol–water partition coefficient (Wildman–Crippen LogP) is 0.795. The molecule has 6 nitrogen and oxygen atoms in total. The Labute approximate surface area is 114 Å². The number of hydrogen-bond acceptors (Lipinski definition) is 4. The van der Waals surface area contributed by atoms with Crippen molar-refractivity contribution in [3.63, 3.8) is 0 Å². The van der Waals surface area contributed by atoms with Crippen LogP contribution in [0.1, 0.15) is 32.6 Å². The lowest BCUT2D eigenvalue weighted by atomic mass is 10.4. The molecule has 0 aliphatic heterocycles. The summed E-state index contributed by atoms with van der Waals surface area (Å²) in [5.41, 5.74) is 5.44. The second-order valence-corrected chi connectivity index (χ2v) is 6.82. The van der Waals surface area contributed by atoms with Crippen molar-refractivity contribution >= 4 is 10.0 Å². The third kappa shape index (κ3) is 3.34. The summed E-state index contributed by atoms with van der Waals surface area (Å²) in [7, 11) is -3.39. The average Bonchev–Trinajstić information content (AvgIpc) is 3.10. The van der Waals surface area contributed by atoms with Gasteiger partial charge in [-0.25, -0.2) is 8.42 Å². The maximum absolute atomic E-state index is 12.5. The molecule has 1 fully saturated rings. The Morgan fingerprint density at radius 1 is 1.53 bits per heavy atom. The number of aromatic nitrogens is 2. The minimum Gasteiger partial charge on any atom is -0.330 e. The van der Waals surface area contributed by atoms with Crippen molar-refractivity contribution in [2.24, 2.45) is 5.73 Å². The molecular weight excluding hydrogens is 264 g/mol. The lowest BCUT2D eigenvalue weighted by Crippen LogP contribution is -2.33. The molecule has 0 saturated heterocycles. The first-order valence-electron chi connectivity index (χ1n) is 6.84. The Hall–Kier alpha value is -0.920. The van der Waals surface area contributed by atoms with Crippen molar-refractivity contribution < 1.29 is 8.42 Å². The van der Waals surface area contributed by atoms with Gasteiger partial charge in [0.25, 0.3) is 0 Å². The van der Waals surface area contributed by atoms with E-state index >= 15 is 0 Å². The molecule has 1 aliphatic rings. The van der Waals surface area contributed by atoms with E-state index in [-0.39, 0.29) is 6.04 Å². The number of nitrogens with two attached hydrogens (primary N) is 1. The van der Waals surface area contributed by atoms with E-state index in [1.54, 1.807) is 15.2 Å². The van der Waals surface area contributed by atoms with Gasteiger partial charge in [-0.3, -0.25) is 4.68 Å². The van der Waals surface area contributed by atoms with Crippen LogP contribution in [0.4, 0.5) is 0 Å². The molecule has 1 saturated carbocycles. The summed E-state index contributed by atoms with van der Waals surface area (Å²) >= 11 is 0. The highest BCUT2D eigenvalue weighted by Gasteiger charge is 2.37. The first-order valence-corrected chi connectivity index (χ1v) is 8.28. The highest BCUT2D eigenvalue weighted by atomic mass is 32.2. The molecular formula is C12H22N4O2S. The second-order valence-electron chi connectivity index (χ2n) is 4.93. The molecule has 0 atom stereocenters. The second kappa shape index (κ2) is 6.02. The highest BCUT2D eigenvalue weighted by Crippen LogP contribution is 2.31. The van der Waals surface area contributed by atoms with Gasteiger partial charge in [0.2, 0.25) is 10.0 Å². The van der Waals surface area contributed by atoms with Crippen molar-refractivity contribution in [3.8, 4) is 0 Å². The molecule has 0 unspecified atom stereocenters. The van der Waals surface area contributed by atoms with E-state index in [0.717, 1.165) is 25.7 Å². The standard InChI is InChI=1S/C12H22N4O2S/c1-2-7-16(11-4-5-11)19(17,18)12-9-14-15(10-12)8-3-6-13/h9-11H,2-8,13H2,1H3. The Balaban J connectivity index is 2.15. The molecule has 7 heteroatoms. The maximum atomic E-state index is 12.5. The van der Waals surface area contributed by atoms with Crippen LogP contribution in [0.5, 0.6) is 0 Å². The molecule has 108 valence electrons. The van der Waals surface area contributed by atoms with Crippen LogP contribution in [0.3, 0.4) is 0 Å². The molecule has 19 heavy (non-hydrogen) atoms. The quantitative estimate of drug-likeness (QED) is 0.766. The average molecular weight is 286 g/mol. The number of rotatable bonds is 8. The van der Waals surface area contributed by atoms with Gasteiger partial charge >= 0.3 is 0 Å². The van der Waals surface area contributed by atoms with Gasteiger partial charge in [0.1, 0.15) is 4.90 Å². The van der Waals surface area contributed by atoms with E-state index in [2.05, 4.69) is 5.10 Å².